The van der Waals surface area contributed by atoms with Crippen molar-refractivity contribution in [3.8, 4) is 0 Å². The Hall–Kier alpha value is -1.56. The summed E-state index contributed by atoms with van der Waals surface area (Å²) in [6.45, 7) is 2.30. The molecule has 2 amide bonds. The third-order valence-corrected chi connectivity index (χ3v) is 3.25. The molecule has 1 aromatic rings. The van der Waals surface area contributed by atoms with Crippen molar-refractivity contribution in [2.45, 2.75) is 18.2 Å². The number of thioether (sulfide) groups is 1. The Balaban J connectivity index is 2.10. The van der Waals surface area contributed by atoms with Crippen molar-refractivity contribution in [1.29, 1.82) is 0 Å². The minimum atomic E-state index is -0.264. The molecule has 0 atom stereocenters. The zero-order valence-electron chi connectivity index (χ0n) is 10.7. The molecule has 2 N–H and O–H groups in total. The number of rotatable bonds is 7. The molecule has 0 saturated carbocycles. The molecule has 104 valence electrons. The fourth-order valence-electron chi connectivity index (χ4n) is 1.32. The number of carbonyl (C=O) groups excluding carboxylic acids is 2. The first-order valence-electron chi connectivity index (χ1n) is 5.97. The smallest absolute Gasteiger partial charge is 0.220 e. The standard InChI is InChI=1S/C13H17FN2O2S/c1-10(17)15-7-8-16-13(18)6-9-19-12-4-2-11(14)3-5-12/h2-5H,6-9H2,1H3,(H,15,17)(H,16,18). The van der Waals surface area contributed by atoms with Crippen molar-refractivity contribution in [2.24, 2.45) is 0 Å². The molecule has 0 saturated heterocycles. The summed E-state index contributed by atoms with van der Waals surface area (Å²) in [5.41, 5.74) is 0. The highest BCUT2D eigenvalue weighted by Crippen LogP contribution is 2.18. The van der Waals surface area contributed by atoms with Gasteiger partial charge in [0.1, 0.15) is 5.82 Å². The molecule has 1 rings (SSSR count). The van der Waals surface area contributed by atoms with E-state index in [1.807, 2.05) is 0 Å². The Morgan fingerprint density at radius 2 is 1.79 bits per heavy atom. The highest BCUT2D eigenvalue weighted by atomic mass is 32.2. The van der Waals surface area contributed by atoms with Crippen molar-refractivity contribution >= 4 is 23.6 Å². The van der Waals surface area contributed by atoms with Crippen LogP contribution in [0.5, 0.6) is 0 Å². The molecule has 0 bridgehead atoms. The third-order valence-electron chi connectivity index (χ3n) is 2.23. The molecule has 0 aliphatic carbocycles. The SMILES string of the molecule is CC(=O)NCCNC(=O)CCSc1ccc(F)cc1. The first-order valence-corrected chi connectivity index (χ1v) is 6.96. The van der Waals surface area contributed by atoms with E-state index in [1.165, 1.54) is 30.8 Å². The van der Waals surface area contributed by atoms with Crippen LogP contribution in [0.3, 0.4) is 0 Å². The summed E-state index contributed by atoms with van der Waals surface area (Å²) in [6, 6.07) is 6.18. The van der Waals surface area contributed by atoms with Crippen LogP contribution < -0.4 is 10.6 Å². The van der Waals surface area contributed by atoms with Crippen LogP contribution in [0.2, 0.25) is 0 Å². The lowest BCUT2D eigenvalue weighted by molar-refractivity contribution is -0.121. The largest absolute Gasteiger partial charge is 0.355 e. The summed E-state index contributed by atoms with van der Waals surface area (Å²) in [6.07, 6.45) is 0.391. The maximum absolute atomic E-state index is 12.7. The van der Waals surface area contributed by atoms with E-state index in [2.05, 4.69) is 10.6 Å². The zero-order chi connectivity index (χ0) is 14.1. The average molecular weight is 284 g/mol. The molecular weight excluding hydrogens is 267 g/mol. The first-order chi connectivity index (χ1) is 9.08. The molecule has 0 aromatic heterocycles. The van der Waals surface area contributed by atoms with Crippen LogP contribution in [0.1, 0.15) is 13.3 Å². The van der Waals surface area contributed by atoms with Crippen LogP contribution >= 0.6 is 11.8 Å². The number of benzene rings is 1. The Bertz CT molecular complexity index is 423. The second kappa shape index (κ2) is 8.53. The van der Waals surface area contributed by atoms with Gasteiger partial charge in [-0.3, -0.25) is 9.59 Å². The molecular formula is C13H17FN2O2S. The fraction of sp³-hybridized carbons (Fsp3) is 0.385. The van der Waals surface area contributed by atoms with Gasteiger partial charge >= 0.3 is 0 Å². The quantitative estimate of drug-likeness (QED) is 0.590. The number of halogens is 1. The molecule has 1 aromatic carbocycles. The number of amides is 2. The van der Waals surface area contributed by atoms with E-state index in [0.29, 0.717) is 25.3 Å². The Morgan fingerprint density at radius 3 is 2.42 bits per heavy atom. The topological polar surface area (TPSA) is 58.2 Å². The van der Waals surface area contributed by atoms with Crippen LogP contribution in [-0.4, -0.2) is 30.7 Å². The maximum Gasteiger partial charge on any atom is 0.220 e. The van der Waals surface area contributed by atoms with E-state index >= 15 is 0 Å². The molecule has 0 aliphatic heterocycles. The Morgan fingerprint density at radius 1 is 1.16 bits per heavy atom. The van der Waals surface area contributed by atoms with Gasteiger partial charge in [0.05, 0.1) is 0 Å². The van der Waals surface area contributed by atoms with E-state index < -0.39 is 0 Å². The first kappa shape index (κ1) is 15.5. The summed E-state index contributed by atoms with van der Waals surface area (Å²) in [5, 5.41) is 5.30. The maximum atomic E-state index is 12.7. The van der Waals surface area contributed by atoms with Gasteiger partial charge in [-0.2, -0.15) is 0 Å². The zero-order valence-corrected chi connectivity index (χ0v) is 11.6. The van der Waals surface area contributed by atoms with Gasteiger partial charge in [-0.25, -0.2) is 4.39 Å². The Labute approximate surface area is 116 Å². The third kappa shape index (κ3) is 7.46. The van der Waals surface area contributed by atoms with E-state index in [0.717, 1.165) is 4.90 Å². The predicted octanol–water partition coefficient (Wildman–Crippen LogP) is 1.56. The molecule has 0 unspecified atom stereocenters. The summed E-state index contributed by atoms with van der Waals surface area (Å²) in [7, 11) is 0. The van der Waals surface area contributed by atoms with Gasteiger partial charge in [-0.15, -0.1) is 11.8 Å². The van der Waals surface area contributed by atoms with Crippen LogP contribution in [0.15, 0.2) is 29.2 Å². The van der Waals surface area contributed by atoms with Crippen LogP contribution in [0, 0.1) is 5.82 Å². The van der Waals surface area contributed by atoms with Crippen molar-refractivity contribution in [1.82, 2.24) is 10.6 Å². The molecule has 0 radical (unpaired) electrons. The molecule has 0 fully saturated rings. The van der Waals surface area contributed by atoms with Gasteiger partial charge in [0.15, 0.2) is 0 Å². The molecule has 4 nitrogen and oxygen atoms in total. The van der Waals surface area contributed by atoms with E-state index in [-0.39, 0.29) is 17.6 Å². The lowest BCUT2D eigenvalue weighted by Crippen LogP contribution is -2.33. The lowest BCUT2D eigenvalue weighted by Gasteiger charge is -2.05. The van der Waals surface area contributed by atoms with Crippen LogP contribution in [0.25, 0.3) is 0 Å². The van der Waals surface area contributed by atoms with Crippen molar-refractivity contribution < 1.29 is 14.0 Å². The van der Waals surface area contributed by atoms with E-state index in [9.17, 15) is 14.0 Å². The summed E-state index contributed by atoms with van der Waals surface area (Å²) in [4.78, 5) is 23.0. The molecule has 0 aliphatic rings. The van der Waals surface area contributed by atoms with Crippen molar-refractivity contribution in [2.75, 3.05) is 18.8 Å². The monoisotopic (exact) mass is 284 g/mol. The second-order valence-electron chi connectivity index (χ2n) is 3.89. The highest BCUT2D eigenvalue weighted by Gasteiger charge is 2.02. The minimum absolute atomic E-state index is 0.0556. The van der Waals surface area contributed by atoms with Gasteiger partial charge in [0.25, 0.3) is 0 Å². The average Bonchev–Trinajstić information content (AvgIpc) is 2.37. The van der Waals surface area contributed by atoms with Crippen molar-refractivity contribution in [3.05, 3.63) is 30.1 Å². The highest BCUT2D eigenvalue weighted by molar-refractivity contribution is 7.99. The number of carbonyl (C=O) groups is 2. The summed E-state index contributed by atoms with van der Waals surface area (Å²) in [5.74, 6) is 0.207. The van der Waals surface area contributed by atoms with E-state index in [1.54, 1.807) is 12.1 Å². The van der Waals surface area contributed by atoms with Crippen LogP contribution in [0.4, 0.5) is 4.39 Å². The lowest BCUT2D eigenvalue weighted by atomic mass is 10.4. The molecule has 19 heavy (non-hydrogen) atoms. The molecule has 6 heteroatoms. The van der Waals surface area contributed by atoms with Gasteiger partial charge in [0, 0.05) is 37.1 Å². The predicted molar refractivity (Wildman–Crippen MR) is 73.4 cm³/mol. The number of hydrogen-bond acceptors (Lipinski definition) is 3. The summed E-state index contributed by atoms with van der Waals surface area (Å²) < 4.78 is 12.7. The fourth-order valence-corrected chi connectivity index (χ4v) is 2.17. The van der Waals surface area contributed by atoms with E-state index in [4.69, 9.17) is 0 Å². The van der Waals surface area contributed by atoms with Gasteiger partial charge < -0.3 is 10.6 Å². The summed E-state index contributed by atoms with van der Waals surface area (Å²) >= 11 is 1.50. The van der Waals surface area contributed by atoms with Gasteiger partial charge in [0.2, 0.25) is 11.8 Å². The Kier molecular flexibility index (Phi) is 6.95. The van der Waals surface area contributed by atoms with Gasteiger partial charge in [-0.05, 0) is 24.3 Å². The minimum Gasteiger partial charge on any atom is -0.355 e. The van der Waals surface area contributed by atoms with Gasteiger partial charge in [-0.1, -0.05) is 0 Å². The molecule has 0 spiro atoms. The molecule has 0 heterocycles. The number of nitrogens with one attached hydrogen (secondary N) is 2. The van der Waals surface area contributed by atoms with Crippen molar-refractivity contribution in [3.63, 3.8) is 0 Å². The van der Waals surface area contributed by atoms with Crippen LogP contribution in [-0.2, 0) is 9.59 Å². The second-order valence-corrected chi connectivity index (χ2v) is 5.05. The number of hydrogen-bond donors (Lipinski definition) is 2. The normalized spacial score (nSPS) is 10.0.